The molecule has 0 bridgehead atoms. The van der Waals surface area contributed by atoms with Gasteiger partial charge in [0, 0.05) is 0 Å². The predicted octanol–water partition coefficient (Wildman–Crippen LogP) is 2.83. The standard InChI is InChI=1S/C14H23NO3/c1-9(2)12(16)11(8-10-6-7-10)15-13(17)18-14(3,4)5/h10-11H,1,6-8H2,2-5H3,(H,15,17). The topological polar surface area (TPSA) is 55.4 Å². The molecule has 1 aliphatic rings. The summed E-state index contributed by atoms with van der Waals surface area (Å²) in [4.78, 5) is 23.6. The number of hydrogen-bond acceptors (Lipinski definition) is 3. The smallest absolute Gasteiger partial charge is 0.408 e. The van der Waals surface area contributed by atoms with Gasteiger partial charge in [-0.2, -0.15) is 0 Å². The van der Waals surface area contributed by atoms with E-state index in [2.05, 4.69) is 11.9 Å². The number of Topliss-reactive ketones (excluding diaryl/α,β-unsaturated/α-hetero) is 1. The van der Waals surface area contributed by atoms with Crippen LogP contribution in [0.4, 0.5) is 4.79 Å². The van der Waals surface area contributed by atoms with Crippen molar-refractivity contribution in [1.82, 2.24) is 5.32 Å². The Labute approximate surface area is 109 Å². The van der Waals surface area contributed by atoms with Crippen LogP contribution in [0.2, 0.25) is 0 Å². The highest BCUT2D eigenvalue weighted by molar-refractivity contribution is 5.99. The second-order valence-electron chi connectivity index (χ2n) is 6.02. The lowest BCUT2D eigenvalue weighted by molar-refractivity contribution is -0.117. The highest BCUT2D eigenvalue weighted by Gasteiger charge is 2.31. The Morgan fingerprint density at radius 2 is 1.94 bits per heavy atom. The Morgan fingerprint density at radius 3 is 2.33 bits per heavy atom. The molecule has 0 spiro atoms. The molecule has 18 heavy (non-hydrogen) atoms. The van der Waals surface area contributed by atoms with E-state index in [4.69, 9.17) is 4.74 Å². The summed E-state index contributed by atoms with van der Waals surface area (Å²) in [6.45, 7) is 10.7. The molecule has 1 amide bonds. The van der Waals surface area contributed by atoms with Gasteiger partial charge < -0.3 is 10.1 Å². The van der Waals surface area contributed by atoms with Crippen LogP contribution in [-0.2, 0) is 9.53 Å². The Bertz CT molecular complexity index is 351. The first-order chi connectivity index (χ1) is 8.19. The number of nitrogens with one attached hydrogen (secondary N) is 1. The Hall–Kier alpha value is -1.32. The van der Waals surface area contributed by atoms with Crippen molar-refractivity contribution in [2.24, 2.45) is 5.92 Å². The zero-order valence-corrected chi connectivity index (χ0v) is 11.7. The molecule has 0 aromatic carbocycles. The van der Waals surface area contributed by atoms with Gasteiger partial charge in [0.2, 0.25) is 0 Å². The van der Waals surface area contributed by atoms with Gasteiger partial charge in [0.25, 0.3) is 0 Å². The van der Waals surface area contributed by atoms with E-state index in [0.29, 0.717) is 17.9 Å². The van der Waals surface area contributed by atoms with Crippen molar-refractivity contribution in [1.29, 1.82) is 0 Å². The molecule has 1 N–H and O–H groups in total. The monoisotopic (exact) mass is 253 g/mol. The van der Waals surface area contributed by atoms with Gasteiger partial charge in [-0.25, -0.2) is 4.79 Å². The SMILES string of the molecule is C=C(C)C(=O)C(CC1CC1)NC(=O)OC(C)(C)C. The van der Waals surface area contributed by atoms with E-state index in [-0.39, 0.29) is 5.78 Å². The molecule has 4 nitrogen and oxygen atoms in total. The van der Waals surface area contributed by atoms with Crippen molar-refractivity contribution < 1.29 is 14.3 Å². The third-order valence-electron chi connectivity index (χ3n) is 2.69. The zero-order chi connectivity index (χ0) is 13.9. The Balaban J connectivity index is 2.57. The summed E-state index contributed by atoms with van der Waals surface area (Å²) < 4.78 is 5.17. The summed E-state index contributed by atoms with van der Waals surface area (Å²) in [5.41, 5.74) is -0.0859. The van der Waals surface area contributed by atoms with E-state index in [1.165, 1.54) is 0 Å². The lowest BCUT2D eigenvalue weighted by atomic mass is 10.0. The largest absolute Gasteiger partial charge is 0.444 e. The van der Waals surface area contributed by atoms with E-state index in [1.807, 2.05) is 0 Å². The second kappa shape index (κ2) is 5.55. The lowest BCUT2D eigenvalue weighted by Crippen LogP contribution is -2.44. The van der Waals surface area contributed by atoms with Gasteiger partial charge in [0.05, 0.1) is 6.04 Å². The summed E-state index contributed by atoms with van der Waals surface area (Å²) in [6, 6.07) is -0.496. The maximum absolute atomic E-state index is 11.9. The van der Waals surface area contributed by atoms with Crippen molar-refractivity contribution in [3.05, 3.63) is 12.2 Å². The summed E-state index contributed by atoms with van der Waals surface area (Å²) in [7, 11) is 0. The molecule has 0 aromatic heterocycles. The molecule has 1 aliphatic carbocycles. The molecule has 0 aliphatic heterocycles. The van der Waals surface area contributed by atoms with Crippen molar-refractivity contribution >= 4 is 11.9 Å². The predicted molar refractivity (Wildman–Crippen MR) is 70.3 cm³/mol. The zero-order valence-electron chi connectivity index (χ0n) is 11.7. The van der Waals surface area contributed by atoms with Gasteiger partial charge >= 0.3 is 6.09 Å². The molecule has 1 rings (SSSR count). The molecule has 0 aromatic rings. The second-order valence-corrected chi connectivity index (χ2v) is 6.02. The molecular weight excluding hydrogens is 230 g/mol. The van der Waals surface area contributed by atoms with E-state index in [0.717, 1.165) is 12.8 Å². The van der Waals surface area contributed by atoms with Crippen LogP contribution in [0.25, 0.3) is 0 Å². The molecule has 0 saturated heterocycles. The van der Waals surface area contributed by atoms with Crippen molar-refractivity contribution in [3.8, 4) is 0 Å². The highest BCUT2D eigenvalue weighted by Crippen LogP contribution is 2.34. The molecule has 0 heterocycles. The fraction of sp³-hybridized carbons (Fsp3) is 0.714. The fourth-order valence-electron chi connectivity index (χ4n) is 1.67. The van der Waals surface area contributed by atoms with Crippen LogP contribution < -0.4 is 5.32 Å². The first-order valence-corrected chi connectivity index (χ1v) is 6.38. The van der Waals surface area contributed by atoms with Crippen molar-refractivity contribution in [2.45, 2.75) is 58.6 Å². The molecule has 4 heteroatoms. The third-order valence-corrected chi connectivity index (χ3v) is 2.69. The highest BCUT2D eigenvalue weighted by atomic mass is 16.6. The number of amides is 1. The minimum Gasteiger partial charge on any atom is -0.444 e. The number of rotatable bonds is 5. The van der Waals surface area contributed by atoms with E-state index in [9.17, 15) is 9.59 Å². The lowest BCUT2D eigenvalue weighted by Gasteiger charge is -2.23. The van der Waals surface area contributed by atoms with Crippen LogP contribution in [0.5, 0.6) is 0 Å². The van der Waals surface area contributed by atoms with Gasteiger partial charge in [-0.3, -0.25) is 4.79 Å². The first kappa shape index (κ1) is 14.7. The molecule has 1 unspecified atom stereocenters. The van der Waals surface area contributed by atoms with Crippen LogP contribution >= 0.6 is 0 Å². The van der Waals surface area contributed by atoms with Gasteiger partial charge in [-0.1, -0.05) is 19.4 Å². The van der Waals surface area contributed by atoms with Crippen LogP contribution in [0, 0.1) is 5.92 Å². The average Bonchev–Trinajstić information content (AvgIpc) is 2.96. The van der Waals surface area contributed by atoms with Gasteiger partial charge in [0.1, 0.15) is 5.60 Å². The Morgan fingerprint density at radius 1 is 1.39 bits per heavy atom. The molecule has 1 fully saturated rings. The van der Waals surface area contributed by atoms with Crippen molar-refractivity contribution in [2.75, 3.05) is 0 Å². The van der Waals surface area contributed by atoms with Crippen LogP contribution in [0.3, 0.4) is 0 Å². The van der Waals surface area contributed by atoms with E-state index < -0.39 is 17.7 Å². The number of carbonyl (C=O) groups is 2. The number of ether oxygens (including phenoxy) is 1. The quantitative estimate of drug-likeness (QED) is 0.766. The molecule has 1 saturated carbocycles. The normalized spacial score (nSPS) is 16.9. The summed E-state index contributed by atoms with van der Waals surface area (Å²) >= 11 is 0. The fourth-order valence-corrected chi connectivity index (χ4v) is 1.67. The summed E-state index contributed by atoms with van der Waals surface area (Å²) in [6.07, 6.45) is 2.42. The number of hydrogen-bond donors (Lipinski definition) is 1. The number of alkyl carbamates (subject to hydrolysis) is 1. The number of ketones is 1. The molecule has 1 atom stereocenters. The van der Waals surface area contributed by atoms with Gasteiger partial charge in [-0.05, 0) is 45.6 Å². The maximum atomic E-state index is 11.9. The van der Waals surface area contributed by atoms with Gasteiger partial charge in [-0.15, -0.1) is 0 Å². The summed E-state index contributed by atoms with van der Waals surface area (Å²) in [5, 5.41) is 2.65. The van der Waals surface area contributed by atoms with Crippen LogP contribution in [0.1, 0.15) is 47.0 Å². The van der Waals surface area contributed by atoms with Gasteiger partial charge in [0.15, 0.2) is 5.78 Å². The van der Waals surface area contributed by atoms with Crippen LogP contribution in [-0.4, -0.2) is 23.5 Å². The first-order valence-electron chi connectivity index (χ1n) is 6.38. The van der Waals surface area contributed by atoms with Crippen molar-refractivity contribution in [3.63, 3.8) is 0 Å². The van der Waals surface area contributed by atoms with E-state index in [1.54, 1.807) is 27.7 Å². The Kier molecular flexibility index (Phi) is 4.54. The minimum absolute atomic E-state index is 0.104. The minimum atomic E-state index is -0.555. The molecule has 0 radical (unpaired) electrons. The third kappa shape index (κ3) is 5.34. The molecule has 102 valence electrons. The number of carbonyl (C=O) groups excluding carboxylic acids is 2. The summed E-state index contributed by atoms with van der Waals surface area (Å²) in [5.74, 6) is 0.445. The van der Waals surface area contributed by atoms with E-state index >= 15 is 0 Å². The maximum Gasteiger partial charge on any atom is 0.408 e. The van der Waals surface area contributed by atoms with Crippen LogP contribution in [0.15, 0.2) is 12.2 Å². The molecular formula is C14H23NO3. The average molecular weight is 253 g/mol.